The van der Waals surface area contributed by atoms with Gasteiger partial charge in [-0.05, 0) is 12.5 Å². The van der Waals surface area contributed by atoms with Crippen LogP contribution in [0, 0.1) is 0 Å². The molecule has 9 nitrogen and oxygen atoms in total. The number of aliphatic hydroxyl groups excluding tert-OH is 1. The second-order valence-electron chi connectivity index (χ2n) is 8.44. The Labute approximate surface area is 188 Å². The molecule has 5 rings (SSSR count). The summed E-state index contributed by atoms with van der Waals surface area (Å²) in [6.07, 6.45) is -3.42. The number of rotatable bonds is 4. The van der Waals surface area contributed by atoms with Crippen LogP contribution in [-0.4, -0.2) is 60.6 Å². The minimum absolute atomic E-state index is 0.0789. The molecule has 4 heterocycles. The van der Waals surface area contributed by atoms with E-state index in [2.05, 4.69) is 10.1 Å². The first-order chi connectivity index (χ1) is 15.8. The van der Waals surface area contributed by atoms with Crippen molar-refractivity contribution in [1.29, 1.82) is 0 Å². The molecule has 33 heavy (non-hydrogen) atoms. The average Bonchev–Trinajstić information content (AvgIpc) is 3.23. The first-order valence-corrected chi connectivity index (χ1v) is 10.6. The maximum atomic E-state index is 14.8. The van der Waals surface area contributed by atoms with Crippen molar-refractivity contribution in [3.63, 3.8) is 0 Å². The van der Waals surface area contributed by atoms with Gasteiger partial charge in [-0.1, -0.05) is 30.3 Å². The standard InChI is InChI=1S/C22H24F2N6O3/c1-28-15-11-29(9-7-14(15)18(27-28)13-5-3-2-4-6-13)12-16-19(31)22(23,24)20(33-16)30-10-8-17(25)26-21(30)32/h2-6,8,10,16,19-20,31H,7,9,11-12H2,1H3,(H2,25,26,32)/t16-,19-,20-/m1/s1. The number of anilines is 1. The first kappa shape index (κ1) is 21.7. The van der Waals surface area contributed by atoms with Crippen molar-refractivity contribution in [3.05, 3.63) is 64.3 Å². The van der Waals surface area contributed by atoms with E-state index in [1.807, 2.05) is 47.0 Å². The van der Waals surface area contributed by atoms with E-state index in [0.29, 0.717) is 24.1 Å². The highest BCUT2D eigenvalue weighted by molar-refractivity contribution is 5.64. The lowest BCUT2D eigenvalue weighted by molar-refractivity contribution is -0.140. The van der Waals surface area contributed by atoms with E-state index in [-0.39, 0.29) is 12.4 Å². The van der Waals surface area contributed by atoms with Gasteiger partial charge in [-0.3, -0.25) is 14.1 Å². The molecule has 3 atom stereocenters. The molecule has 1 fully saturated rings. The van der Waals surface area contributed by atoms with Crippen molar-refractivity contribution in [2.24, 2.45) is 7.05 Å². The number of nitrogens with two attached hydrogens (primary N) is 1. The number of ether oxygens (including phenoxy) is 1. The Morgan fingerprint density at radius 2 is 2.03 bits per heavy atom. The molecule has 1 aromatic carbocycles. The van der Waals surface area contributed by atoms with Crippen LogP contribution < -0.4 is 11.4 Å². The molecule has 2 aromatic heterocycles. The number of benzene rings is 1. The van der Waals surface area contributed by atoms with E-state index in [4.69, 9.17) is 10.5 Å². The van der Waals surface area contributed by atoms with Gasteiger partial charge in [0, 0.05) is 44.0 Å². The maximum Gasteiger partial charge on any atom is 0.351 e. The molecule has 0 saturated carbocycles. The highest BCUT2D eigenvalue weighted by Gasteiger charge is 2.59. The fourth-order valence-electron chi connectivity index (χ4n) is 4.59. The molecule has 174 valence electrons. The van der Waals surface area contributed by atoms with E-state index >= 15 is 0 Å². The fourth-order valence-corrected chi connectivity index (χ4v) is 4.59. The van der Waals surface area contributed by atoms with Gasteiger partial charge < -0.3 is 15.6 Å². The Balaban J connectivity index is 1.35. The van der Waals surface area contributed by atoms with Crippen LogP contribution in [0.1, 0.15) is 17.5 Å². The van der Waals surface area contributed by atoms with Crippen molar-refractivity contribution in [3.8, 4) is 11.3 Å². The van der Waals surface area contributed by atoms with Crippen molar-refractivity contribution >= 4 is 5.82 Å². The lowest BCUT2D eigenvalue weighted by Gasteiger charge is -2.30. The molecule has 0 spiro atoms. The Morgan fingerprint density at radius 3 is 2.76 bits per heavy atom. The topological polar surface area (TPSA) is 111 Å². The second kappa shape index (κ2) is 8.01. The van der Waals surface area contributed by atoms with Crippen molar-refractivity contribution in [2.75, 3.05) is 18.8 Å². The number of aryl methyl sites for hydroxylation is 1. The van der Waals surface area contributed by atoms with Gasteiger partial charge in [0.15, 0.2) is 0 Å². The number of aliphatic hydroxyl groups is 1. The number of alkyl halides is 2. The summed E-state index contributed by atoms with van der Waals surface area (Å²) in [7, 11) is 1.86. The molecule has 3 N–H and O–H groups in total. The second-order valence-corrected chi connectivity index (χ2v) is 8.44. The van der Waals surface area contributed by atoms with Gasteiger partial charge in [0.2, 0.25) is 6.23 Å². The normalized spacial score (nSPS) is 24.7. The maximum absolute atomic E-state index is 14.8. The van der Waals surface area contributed by atoms with Gasteiger partial charge in [-0.2, -0.15) is 18.9 Å². The number of hydrogen-bond acceptors (Lipinski definition) is 7. The molecule has 0 unspecified atom stereocenters. The third-order valence-electron chi connectivity index (χ3n) is 6.30. The zero-order valence-corrected chi connectivity index (χ0v) is 17.9. The molecule has 2 aliphatic rings. The molecule has 1 saturated heterocycles. The molecule has 0 bridgehead atoms. The minimum Gasteiger partial charge on any atom is -0.384 e. The Bertz CT molecular complexity index is 1230. The van der Waals surface area contributed by atoms with Crippen molar-refractivity contribution in [1.82, 2.24) is 24.2 Å². The van der Waals surface area contributed by atoms with Crippen LogP contribution in [0.3, 0.4) is 0 Å². The minimum atomic E-state index is -3.67. The van der Waals surface area contributed by atoms with Crippen LogP contribution in [0.2, 0.25) is 0 Å². The van der Waals surface area contributed by atoms with Gasteiger partial charge in [0.25, 0.3) is 0 Å². The number of nitrogens with zero attached hydrogens (tertiary/aromatic N) is 5. The zero-order valence-electron chi connectivity index (χ0n) is 17.9. The average molecular weight is 458 g/mol. The zero-order chi connectivity index (χ0) is 23.3. The molecule has 0 radical (unpaired) electrons. The molecule has 0 aliphatic carbocycles. The predicted octanol–water partition coefficient (Wildman–Crippen LogP) is 1.18. The monoisotopic (exact) mass is 458 g/mol. The Kier molecular flexibility index (Phi) is 5.26. The van der Waals surface area contributed by atoms with Crippen LogP contribution in [0.5, 0.6) is 0 Å². The van der Waals surface area contributed by atoms with Crippen LogP contribution in [0.15, 0.2) is 47.4 Å². The number of aromatic nitrogens is 4. The van der Waals surface area contributed by atoms with Crippen molar-refractivity contribution < 1.29 is 18.6 Å². The van der Waals surface area contributed by atoms with E-state index in [1.165, 1.54) is 6.07 Å². The molecule has 2 aliphatic heterocycles. The lowest BCUT2D eigenvalue weighted by atomic mass is 9.99. The summed E-state index contributed by atoms with van der Waals surface area (Å²) in [5.41, 5.74) is 8.57. The lowest BCUT2D eigenvalue weighted by Crippen LogP contribution is -2.45. The third kappa shape index (κ3) is 3.71. The highest BCUT2D eigenvalue weighted by Crippen LogP contribution is 2.42. The number of fused-ring (bicyclic) bond motifs is 1. The molecule has 11 heteroatoms. The van der Waals surface area contributed by atoms with E-state index in [9.17, 15) is 18.7 Å². The van der Waals surface area contributed by atoms with Crippen molar-refractivity contribution in [2.45, 2.75) is 37.3 Å². The van der Waals surface area contributed by atoms with Gasteiger partial charge >= 0.3 is 11.6 Å². The van der Waals surface area contributed by atoms with E-state index < -0.39 is 30.0 Å². The van der Waals surface area contributed by atoms with Crippen LogP contribution in [-0.2, 0) is 24.8 Å². The summed E-state index contributed by atoms with van der Waals surface area (Å²) in [5.74, 6) is -3.75. The smallest absolute Gasteiger partial charge is 0.351 e. The van der Waals surface area contributed by atoms with Gasteiger partial charge in [0.05, 0.1) is 11.4 Å². The summed E-state index contributed by atoms with van der Waals surface area (Å²) in [4.78, 5) is 17.5. The number of hydrogen-bond donors (Lipinski definition) is 2. The van der Waals surface area contributed by atoms with Crippen LogP contribution >= 0.6 is 0 Å². The van der Waals surface area contributed by atoms with E-state index in [1.54, 1.807) is 0 Å². The van der Waals surface area contributed by atoms with Crippen LogP contribution in [0.25, 0.3) is 11.3 Å². The number of nitrogen functional groups attached to an aromatic ring is 1. The Morgan fingerprint density at radius 1 is 1.27 bits per heavy atom. The molecule has 3 aromatic rings. The summed E-state index contributed by atoms with van der Waals surface area (Å²) >= 11 is 0. The quantitative estimate of drug-likeness (QED) is 0.604. The Hall–Kier alpha value is -3.15. The predicted molar refractivity (Wildman–Crippen MR) is 115 cm³/mol. The summed E-state index contributed by atoms with van der Waals surface area (Å²) in [6.45, 7) is 1.16. The van der Waals surface area contributed by atoms with E-state index in [0.717, 1.165) is 28.7 Å². The summed E-state index contributed by atoms with van der Waals surface area (Å²) < 4.78 is 37.7. The molecular formula is C22H24F2N6O3. The molecular weight excluding hydrogens is 434 g/mol. The van der Waals surface area contributed by atoms with Gasteiger partial charge in [0.1, 0.15) is 18.0 Å². The summed E-state index contributed by atoms with van der Waals surface area (Å²) in [5, 5.41) is 15.0. The highest BCUT2D eigenvalue weighted by atomic mass is 19.3. The largest absolute Gasteiger partial charge is 0.384 e. The summed E-state index contributed by atoms with van der Waals surface area (Å²) in [6, 6.07) is 11.1. The first-order valence-electron chi connectivity index (χ1n) is 10.6. The van der Waals surface area contributed by atoms with Gasteiger partial charge in [-0.15, -0.1) is 0 Å². The number of halogens is 2. The van der Waals surface area contributed by atoms with Crippen LogP contribution in [0.4, 0.5) is 14.6 Å². The van der Waals surface area contributed by atoms with Gasteiger partial charge in [-0.25, -0.2) is 4.79 Å². The SMILES string of the molecule is Cn1nc(-c2ccccc2)c2c1CN(C[C@H]1O[C@@H](n3ccc(N)nc3=O)C(F)(F)[C@@H]1O)CC2. The third-order valence-corrected chi connectivity index (χ3v) is 6.30. The fraction of sp³-hybridized carbons (Fsp3) is 0.409. The molecule has 0 amide bonds.